The smallest absolute Gasteiger partial charge is 0.409 e. The molecule has 0 saturated carbocycles. The molecular formula is C12H13Cl2NO4. The molecule has 1 aromatic rings. The number of anilines is 1. The highest BCUT2D eigenvalue weighted by molar-refractivity contribution is 6.41. The van der Waals surface area contributed by atoms with Gasteiger partial charge < -0.3 is 9.84 Å². The van der Waals surface area contributed by atoms with Crippen molar-refractivity contribution < 1.29 is 19.4 Å². The van der Waals surface area contributed by atoms with E-state index in [2.05, 4.69) is 0 Å². The second-order valence-corrected chi connectivity index (χ2v) is 5.50. The van der Waals surface area contributed by atoms with E-state index in [-0.39, 0.29) is 21.3 Å². The number of rotatable bonds is 2. The van der Waals surface area contributed by atoms with Gasteiger partial charge >= 0.3 is 12.1 Å². The highest BCUT2D eigenvalue weighted by atomic mass is 35.5. The van der Waals surface area contributed by atoms with Crippen LogP contribution in [0.25, 0.3) is 0 Å². The molecule has 0 fully saturated rings. The molecule has 19 heavy (non-hydrogen) atoms. The number of hydrogen-bond acceptors (Lipinski definition) is 3. The Bertz CT molecular complexity index is 523. The maximum absolute atomic E-state index is 11.9. The highest BCUT2D eigenvalue weighted by Crippen LogP contribution is 2.34. The zero-order valence-electron chi connectivity index (χ0n) is 10.6. The average molecular weight is 306 g/mol. The average Bonchev–Trinajstić information content (AvgIpc) is 2.21. The van der Waals surface area contributed by atoms with Gasteiger partial charge in [0.15, 0.2) is 0 Å². The van der Waals surface area contributed by atoms with E-state index < -0.39 is 17.7 Å². The van der Waals surface area contributed by atoms with Crippen LogP contribution >= 0.6 is 23.2 Å². The molecule has 0 aliphatic rings. The van der Waals surface area contributed by atoms with Crippen LogP contribution in [-0.4, -0.2) is 22.8 Å². The minimum absolute atomic E-state index is 0.0424. The van der Waals surface area contributed by atoms with Crippen LogP contribution in [0.1, 0.15) is 31.1 Å². The van der Waals surface area contributed by atoms with Crippen LogP contribution in [0.5, 0.6) is 0 Å². The van der Waals surface area contributed by atoms with Crippen LogP contribution in [0, 0.1) is 0 Å². The predicted octanol–water partition coefficient (Wildman–Crippen LogP) is 4.04. The fourth-order valence-electron chi connectivity index (χ4n) is 1.26. The van der Waals surface area contributed by atoms with Crippen LogP contribution < -0.4 is 5.32 Å². The van der Waals surface area contributed by atoms with Gasteiger partial charge in [0.05, 0.1) is 21.3 Å². The summed E-state index contributed by atoms with van der Waals surface area (Å²) in [7, 11) is 0. The van der Waals surface area contributed by atoms with E-state index in [0.717, 1.165) is 0 Å². The van der Waals surface area contributed by atoms with E-state index in [4.69, 9.17) is 33.0 Å². The number of amides is 1. The Morgan fingerprint density at radius 2 is 1.84 bits per heavy atom. The van der Waals surface area contributed by atoms with E-state index in [1.54, 1.807) is 20.8 Å². The first-order valence-corrected chi connectivity index (χ1v) is 6.08. The molecule has 0 radical (unpaired) electrons. The number of halogens is 2. The standard InChI is InChI=1S/C12H13Cl2NO4/c1-12(2,3)19-10(16)6-4-5-7(13)9(8(6)14)15-11(17)18/h4-5,15H,1-3H3,(H,17,18). The summed E-state index contributed by atoms with van der Waals surface area (Å²) in [6, 6.07) is 2.75. The summed E-state index contributed by atoms with van der Waals surface area (Å²) in [5, 5.41) is 10.7. The van der Waals surface area contributed by atoms with Gasteiger partial charge in [0.1, 0.15) is 5.60 Å². The first kappa shape index (κ1) is 15.6. The number of carbonyl (C=O) groups excluding carboxylic acids is 1. The van der Waals surface area contributed by atoms with Gasteiger partial charge in [0, 0.05) is 0 Å². The topological polar surface area (TPSA) is 75.6 Å². The van der Waals surface area contributed by atoms with E-state index in [1.165, 1.54) is 12.1 Å². The monoisotopic (exact) mass is 305 g/mol. The van der Waals surface area contributed by atoms with Crippen molar-refractivity contribution in [3.05, 3.63) is 27.7 Å². The number of hydrogen-bond donors (Lipinski definition) is 2. The Morgan fingerprint density at radius 1 is 1.26 bits per heavy atom. The number of benzene rings is 1. The van der Waals surface area contributed by atoms with Gasteiger partial charge in [0.25, 0.3) is 0 Å². The zero-order valence-corrected chi connectivity index (χ0v) is 12.1. The molecule has 1 aromatic carbocycles. The van der Waals surface area contributed by atoms with Gasteiger partial charge in [-0.2, -0.15) is 0 Å². The summed E-state index contributed by atoms with van der Waals surface area (Å²) in [5.41, 5.74) is -0.676. The van der Waals surface area contributed by atoms with Gasteiger partial charge in [-0.05, 0) is 32.9 Å². The number of carbonyl (C=O) groups is 2. The van der Waals surface area contributed by atoms with Gasteiger partial charge in [0.2, 0.25) is 0 Å². The molecule has 0 aliphatic carbocycles. The Balaban J connectivity index is 3.17. The molecule has 1 amide bonds. The van der Waals surface area contributed by atoms with Gasteiger partial charge in [-0.3, -0.25) is 5.32 Å². The molecular weight excluding hydrogens is 293 g/mol. The summed E-state index contributed by atoms with van der Waals surface area (Å²) in [6.07, 6.45) is -1.33. The van der Waals surface area contributed by atoms with Crippen molar-refractivity contribution in [2.45, 2.75) is 26.4 Å². The van der Waals surface area contributed by atoms with Crippen LogP contribution in [0.4, 0.5) is 10.5 Å². The van der Waals surface area contributed by atoms with Crippen LogP contribution in [-0.2, 0) is 4.74 Å². The zero-order chi connectivity index (χ0) is 14.8. The van der Waals surface area contributed by atoms with Gasteiger partial charge in [-0.1, -0.05) is 23.2 Å². The first-order valence-electron chi connectivity index (χ1n) is 5.33. The Kier molecular flexibility index (Phi) is 4.66. The molecule has 0 aromatic heterocycles. The Labute approximate surface area is 120 Å². The van der Waals surface area contributed by atoms with Gasteiger partial charge in [-0.25, -0.2) is 9.59 Å². The van der Waals surface area contributed by atoms with Crippen molar-refractivity contribution >= 4 is 41.0 Å². The second kappa shape index (κ2) is 5.67. The van der Waals surface area contributed by atoms with Crippen LogP contribution in [0.3, 0.4) is 0 Å². The maximum atomic E-state index is 11.9. The summed E-state index contributed by atoms with van der Waals surface area (Å²) >= 11 is 11.8. The third-order valence-electron chi connectivity index (χ3n) is 1.94. The molecule has 0 aliphatic heterocycles. The molecule has 0 unspecified atom stereocenters. The van der Waals surface area contributed by atoms with Crippen LogP contribution in [0.15, 0.2) is 12.1 Å². The molecule has 0 atom stereocenters. The summed E-state index contributed by atoms with van der Waals surface area (Å²) < 4.78 is 5.16. The SMILES string of the molecule is CC(C)(C)OC(=O)c1ccc(Cl)c(NC(=O)O)c1Cl. The van der Waals surface area contributed by atoms with Crippen molar-refractivity contribution in [2.24, 2.45) is 0 Å². The molecule has 104 valence electrons. The lowest BCUT2D eigenvalue weighted by atomic mass is 10.1. The van der Waals surface area contributed by atoms with Crippen molar-refractivity contribution in [1.82, 2.24) is 0 Å². The molecule has 7 heteroatoms. The second-order valence-electron chi connectivity index (χ2n) is 4.72. The number of esters is 1. The van der Waals surface area contributed by atoms with Crippen molar-refractivity contribution in [3.8, 4) is 0 Å². The third-order valence-corrected chi connectivity index (χ3v) is 2.65. The normalized spacial score (nSPS) is 11.0. The van der Waals surface area contributed by atoms with E-state index in [9.17, 15) is 9.59 Å². The fraction of sp³-hybridized carbons (Fsp3) is 0.333. The lowest BCUT2D eigenvalue weighted by molar-refractivity contribution is 0.00697. The summed E-state index contributed by atoms with van der Waals surface area (Å²) in [6.45, 7) is 5.14. The third kappa shape index (κ3) is 4.29. The molecule has 5 nitrogen and oxygen atoms in total. The first-order chi connectivity index (χ1) is 8.61. The number of ether oxygens (including phenoxy) is 1. The molecule has 1 rings (SSSR count). The lowest BCUT2D eigenvalue weighted by Gasteiger charge is -2.20. The van der Waals surface area contributed by atoms with Crippen LogP contribution in [0.2, 0.25) is 10.0 Å². The number of nitrogens with one attached hydrogen (secondary N) is 1. The fourth-order valence-corrected chi connectivity index (χ4v) is 1.81. The largest absolute Gasteiger partial charge is 0.465 e. The minimum Gasteiger partial charge on any atom is -0.465 e. The van der Waals surface area contributed by atoms with E-state index in [1.807, 2.05) is 5.32 Å². The predicted molar refractivity (Wildman–Crippen MR) is 73.3 cm³/mol. The quantitative estimate of drug-likeness (QED) is 0.809. The van der Waals surface area contributed by atoms with Crippen molar-refractivity contribution in [2.75, 3.05) is 5.32 Å². The Morgan fingerprint density at radius 3 is 2.32 bits per heavy atom. The minimum atomic E-state index is -1.33. The van der Waals surface area contributed by atoms with Gasteiger partial charge in [-0.15, -0.1) is 0 Å². The molecule has 0 heterocycles. The summed E-state index contributed by atoms with van der Waals surface area (Å²) in [4.78, 5) is 22.5. The highest BCUT2D eigenvalue weighted by Gasteiger charge is 2.23. The maximum Gasteiger partial charge on any atom is 0.409 e. The number of carboxylic acid groups (broad SMARTS) is 1. The van der Waals surface area contributed by atoms with Crippen molar-refractivity contribution in [1.29, 1.82) is 0 Å². The molecule has 0 bridgehead atoms. The summed E-state index contributed by atoms with van der Waals surface area (Å²) in [5.74, 6) is -0.650. The Hall–Kier alpha value is -1.46. The van der Waals surface area contributed by atoms with Crippen molar-refractivity contribution in [3.63, 3.8) is 0 Å². The van der Waals surface area contributed by atoms with E-state index >= 15 is 0 Å². The molecule has 2 N–H and O–H groups in total. The lowest BCUT2D eigenvalue weighted by Crippen LogP contribution is -2.24. The van der Waals surface area contributed by atoms with E-state index in [0.29, 0.717) is 0 Å². The molecule has 0 saturated heterocycles. The molecule has 0 spiro atoms.